The molecule has 1 aromatic carbocycles. The van der Waals surface area contributed by atoms with Crippen LogP contribution >= 0.6 is 0 Å². The van der Waals surface area contributed by atoms with Crippen LogP contribution in [0.25, 0.3) is 0 Å². The molecule has 3 amide bonds. The zero-order chi connectivity index (χ0) is 19.8. The number of methoxy groups -OCH3 is 1. The summed E-state index contributed by atoms with van der Waals surface area (Å²) in [6, 6.07) is 4.42. The van der Waals surface area contributed by atoms with Crippen LogP contribution in [0.3, 0.4) is 0 Å². The van der Waals surface area contributed by atoms with Crippen molar-refractivity contribution in [2.75, 3.05) is 20.8 Å². The minimum Gasteiger partial charge on any atom is -0.494 e. The number of amides is 3. The number of carbonyl (C=O) groups is 2. The number of hydrogen-bond donors (Lipinski definition) is 1. The lowest BCUT2D eigenvalue weighted by atomic mass is 9.67. The Morgan fingerprint density at radius 1 is 1.30 bits per heavy atom. The molecule has 1 aliphatic heterocycles. The van der Waals surface area contributed by atoms with Gasteiger partial charge in [0.2, 0.25) is 0 Å². The highest BCUT2D eigenvalue weighted by molar-refractivity contribution is 6.07. The molecular weight excluding hydrogens is 349 g/mol. The molecule has 7 heteroatoms. The number of carbonyl (C=O) groups excluding carboxylic acids is 2. The first-order chi connectivity index (χ1) is 12.8. The number of benzene rings is 1. The minimum absolute atomic E-state index is 0.115. The minimum atomic E-state index is -0.789. The fourth-order valence-corrected chi connectivity index (χ4v) is 4.49. The van der Waals surface area contributed by atoms with Gasteiger partial charge in [-0.25, -0.2) is 14.1 Å². The van der Waals surface area contributed by atoms with Crippen LogP contribution in [-0.2, 0) is 11.3 Å². The normalized spacial score (nSPS) is 28.1. The summed E-state index contributed by atoms with van der Waals surface area (Å²) in [6.07, 6.45) is 2.95. The van der Waals surface area contributed by atoms with Crippen LogP contribution in [0.4, 0.5) is 9.18 Å². The molecule has 0 bridgehead atoms. The van der Waals surface area contributed by atoms with E-state index >= 15 is 0 Å². The number of rotatable bonds is 5. The summed E-state index contributed by atoms with van der Waals surface area (Å²) in [5, 5.41) is 3.00. The van der Waals surface area contributed by atoms with E-state index in [1.54, 1.807) is 19.2 Å². The van der Waals surface area contributed by atoms with E-state index in [1.165, 1.54) is 18.1 Å². The Hall–Kier alpha value is -2.15. The zero-order valence-electron chi connectivity index (χ0n) is 16.4. The molecule has 2 aliphatic rings. The van der Waals surface area contributed by atoms with Crippen LogP contribution in [-0.4, -0.2) is 48.1 Å². The van der Waals surface area contributed by atoms with Crippen molar-refractivity contribution in [1.29, 1.82) is 0 Å². The van der Waals surface area contributed by atoms with Gasteiger partial charge in [0.1, 0.15) is 5.54 Å². The predicted molar refractivity (Wildman–Crippen MR) is 99.6 cm³/mol. The van der Waals surface area contributed by atoms with Crippen molar-refractivity contribution >= 4 is 11.9 Å². The lowest BCUT2D eigenvalue weighted by molar-refractivity contribution is -0.137. The summed E-state index contributed by atoms with van der Waals surface area (Å²) in [5.41, 5.74) is -0.0421. The Balaban J connectivity index is 1.71. The van der Waals surface area contributed by atoms with Gasteiger partial charge < -0.3 is 10.1 Å². The Bertz CT molecular complexity index is 729. The van der Waals surface area contributed by atoms with Gasteiger partial charge in [0, 0.05) is 6.54 Å². The fraction of sp³-hybridized carbons (Fsp3) is 0.600. The van der Waals surface area contributed by atoms with Crippen LogP contribution in [0.2, 0.25) is 0 Å². The van der Waals surface area contributed by atoms with Gasteiger partial charge in [-0.1, -0.05) is 26.3 Å². The predicted octanol–water partition coefficient (Wildman–Crippen LogP) is 2.97. The van der Waals surface area contributed by atoms with Gasteiger partial charge in [0.25, 0.3) is 5.91 Å². The van der Waals surface area contributed by atoms with E-state index in [9.17, 15) is 14.0 Å². The molecule has 148 valence electrons. The van der Waals surface area contributed by atoms with Crippen LogP contribution in [0.15, 0.2) is 18.2 Å². The van der Waals surface area contributed by atoms with Crippen LogP contribution < -0.4 is 10.1 Å². The number of halogens is 1. The van der Waals surface area contributed by atoms with E-state index in [2.05, 4.69) is 5.32 Å². The van der Waals surface area contributed by atoms with Crippen LogP contribution in [0.1, 0.15) is 38.7 Å². The van der Waals surface area contributed by atoms with Crippen molar-refractivity contribution in [2.24, 2.45) is 11.8 Å². The molecule has 2 unspecified atom stereocenters. The smallest absolute Gasteiger partial charge is 0.326 e. The first kappa shape index (κ1) is 19.6. The molecule has 3 rings (SSSR count). The summed E-state index contributed by atoms with van der Waals surface area (Å²) in [6.45, 7) is 4.66. The van der Waals surface area contributed by atoms with Crippen LogP contribution in [0, 0.1) is 17.7 Å². The molecule has 1 saturated carbocycles. The average Bonchev–Trinajstić information content (AvgIpc) is 2.86. The maximum atomic E-state index is 13.9. The summed E-state index contributed by atoms with van der Waals surface area (Å²) in [5.74, 6) is -0.146. The third kappa shape index (κ3) is 3.40. The standard InChI is InChI=1S/C20H28FN3O3/c1-13-6-5-7-14(2)20(13)18(25)24(19(26)22-20)12-23(3)11-15-8-9-17(27-4)16(21)10-15/h8-10,13-14H,5-7,11-12H2,1-4H3,(H,22,26). The van der Waals surface area contributed by atoms with Gasteiger partial charge in [-0.15, -0.1) is 0 Å². The van der Waals surface area contributed by atoms with Crippen molar-refractivity contribution in [3.63, 3.8) is 0 Å². The first-order valence-electron chi connectivity index (χ1n) is 9.44. The number of imide groups is 1. The van der Waals surface area contributed by atoms with Gasteiger partial charge in [0.15, 0.2) is 11.6 Å². The summed E-state index contributed by atoms with van der Waals surface area (Å²) < 4.78 is 18.8. The maximum absolute atomic E-state index is 13.9. The van der Waals surface area contributed by atoms with Crippen molar-refractivity contribution in [3.05, 3.63) is 29.6 Å². The second kappa shape index (κ2) is 7.46. The molecule has 6 nitrogen and oxygen atoms in total. The zero-order valence-corrected chi connectivity index (χ0v) is 16.4. The maximum Gasteiger partial charge on any atom is 0.326 e. The topological polar surface area (TPSA) is 61.9 Å². The van der Waals surface area contributed by atoms with Crippen LogP contribution in [0.5, 0.6) is 5.75 Å². The first-order valence-corrected chi connectivity index (χ1v) is 9.44. The Morgan fingerprint density at radius 3 is 2.56 bits per heavy atom. The number of hydrogen-bond acceptors (Lipinski definition) is 4. The highest BCUT2D eigenvalue weighted by atomic mass is 19.1. The summed E-state index contributed by atoms with van der Waals surface area (Å²) in [7, 11) is 3.23. The monoisotopic (exact) mass is 377 g/mol. The number of nitrogens with zero attached hydrogens (tertiary/aromatic N) is 2. The molecule has 1 spiro atoms. The van der Waals surface area contributed by atoms with E-state index < -0.39 is 11.4 Å². The van der Waals surface area contributed by atoms with E-state index in [0.29, 0.717) is 6.54 Å². The van der Waals surface area contributed by atoms with E-state index in [1.807, 2.05) is 18.7 Å². The van der Waals surface area contributed by atoms with Crippen molar-refractivity contribution in [1.82, 2.24) is 15.1 Å². The van der Waals surface area contributed by atoms with E-state index in [-0.39, 0.29) is 36.2 Å². The SMILES string of the molecule is COc1ccc(CN(C)CN2C(=O)NC3(C2=O)C(C)CCCC3C)cc1F. The number of nitrogens with one attached hydrogen (secondary N) is 1. The molecule has 1 saturated heterocycles. The van der Waals surface area contributed by atoms with Crippen molar-refractivity contribution in [3.8, 4) is 5.75 Å². The molecule has 1 heterocycles. The molecule has 0 aromatic heterocycles. The number of ether oxygens (including phenoxy) is 1. The summed E-state index contributed by atoms with van der Waals surface area (Å²) in [4.78, 5) is 28.9. The molecular formula is C20H28FN3O3. The van der Waals surface area contributed by atoms with Gasteiger partial charge in [-0.05, 0) is 49.4 Å². The molecule has 0 radical (unpaired) electrons. The molecule has 1 aromatic rings. The lowest BCUT2D eigenvalue weighted by Crippen LogP contribution is -2.59. The molecule has 2 atom stereocenters. The van der Waals surface area contributed by atoms with E-state index in [4.69, 9.17) is 4.74 Å². The second-order valence-electron chi connectivity index (χ2n) is 7.89. The molecule has 27 heavy (non-hydrogen) atoms. The highest BCUT2D eigenvalue weighted by Crippen LogP contribution is 2.42. The molecule has 1 aliphatic carbocycles. The van der Waals surface area contributed by atoms with Gasteiger partial charge >= 0.3 is 6.03 Å². The molecule has 1 N–H and O–H groups in total. The lowest BCUT2D eigenvalue weighted by Gasteiger charge is -2.42. The quantitative estimate of drug-likeness (QED) is 0.802. The second-order valence-corrected chi connectivity index (χ2v) is 7.89. The summed E-state index contributed by atoms with van der Waals surface area (Å²) >= 11 is 0. The van der Waals surface area contributed by atoms with Gasteiger partial charge in [-0.3, -0.25) is 9.69 Å². The van der Waals surface area contributed by atoms with Gasteiger partial charge in [-0.2, -0.15) is 0 Å². The highest BCUT2D eigenvalue weighted by Gasteiger charge is 2.58. The van der Waals surface area contributed by atoms with Crippen molar-refractivity contribution < 1.29 is 18.7 Å². The van der Waals surface area contributed by atoms with Gasteiger partial charge in [0.05, 0.1) is 13.8 Å². The fourth-order valence-electron chi connectivity index (χ4n) is 4.49. The van der Waals surface area contributed by atoms with E-state index in [0.717, 1.165) is 24.8 Å². The Labute approximate surface area is 159 Å². The third-order valence-electron chi connectivity index (χ3n) is 6.04. The third-order valence-corrected chi connectivity index (χ3v) is 6.04. The average molecular weight is 377 g/mol. The molecule has 2 fully saturated rings. The number of urea groups is 1. The largest absolute Gasteiger partial charge is 0.494 e. The Morgan fingerprint density at radius 2 is 1.96 bits per heavy atom. The Kier molecular flexibility index (Phi) is 5.42. The van der Waals surface area contributed by atoms with Crippen molar-refractivity contribution in [2.45, 2.75) is 45.2 Å².